The summed E-state index contributed by atoms with van der Waals surface area (Å²) in [5.74, 6) is 0. The molecule has 1 N–H and O–H groups in total. The SMILES string of the molecule is CCOP(=O)(C/C(=N\O)C(F)(F)F)OCC. The molecule has 0 aromatic carbocycles. The van der Waals surface area contributed by atoms with Crippen LogP contribution in [0.3, 0.4) is 0 Å². The summed E-state index contributed by atoms with van der Waals surface area (Å²) in [4.78, 5) is 0. The van der Waals surface area contributed by atoms with Crippen molar-refractivity contribution in [3.63, 3.8) is 0 Å². The van der Waals surface area contributed by atoms with E-state index in [1.807, 2.05) is 0 Å². The van der Waals surface area contributed by atoms with Crippen LogP contribution in [0.1, 0.15) is 13.8 Å². The monoisotopic (exact) mass is 263 g/mol. The highest BCUT2D eigenvalue weighted by Gasteiger charge is 2.42. The molecule has 5 nitrogen and oxygen atoms in total. The Kier molecular flexibility index (Phi) is 5.99. The Morgan fingerprint density at radius 2 is 1.75 bits per heavy atom. The Labute approximate surface area is 90.8 Å². The summed E-state index contributed by atoms with van der Waals surface area (Å²) >= 11 is 0. The molecule has 96 valence electrons. The lowest BCUT2D eigenvalue weighted by atomic mass is 10.4. The van der Waals surface area contributed by atoms with Gasteiger partial charge in [0.15, 0.2) is 5.71 Å². The van der Waals surface area contributed by atoms with Crippen molar-refractivity contribution in [1.29, 1.82) is 0 Å². The van der Waals surface area contributed by atoms with Crippen molar-refractivity contribution in [2.24, 2.45) is 5.16 Å². The second-order valence-corrected chi connectivity index (χ2v) is 4.70. The summed E-state index contributed by atoms with van der Waals surface area (Å²) in [6.45, 7) is 2.81. The van der Waals surface area contributed by atoms with E-state index in [4.69, 9.17) is 5.21 Å². The van der Waals surface area contributed by atoms with Gasteiger partial charge in [0.25, 0.3) is 0 Å². The highest BCUT2D eigenvalue weighted by molar-refractivity contribution is 7.54. The fourth-order valence-electron chi connectivity index (χ4n) is 0.883. The second-order valence-electron chi connectivity index (χ2n) is 2.65. The van der Waals surface area contributed by atoms with Crippen molar-refractivity contribution < 1.29 is 32.0 Å². The van der Waals surface area contributed by atoms with E-state index in [2.05, 4.69) is 14.2 Å². The van der Waals surface area contributed by atoms with Gasteiger partial charge in [-0.1, -0.05) is 5.16 Å². The number of hydrogen-bond donors (Lipinski definition) is 1. The van der Waals surface area contributed by atoms with Gasteiger partial charge in [-0.3, -0.25) is 4.57 Å². The van der Waals surface area contributed by atoms with Crippen LogP contribution in [-0.4, -0.2) is 36.5 Å². The van der Waals surface area contributed by atoms with E-state index in [0.29, 0.717) is 0 Å². The van der Waals surface area contributed by atoms with Gasteiger partial charge in [-0.15, -0.1) is 0 Å². The van der Waals surface area contributed by atoms with Crippen molar-refractivity contribution in [2.45, 2.75) is 20.0 Å². The zero-order chi connectivity index (χ0) is 12.8. The van der Waals surface area contributed by atoms with E-state index >= 15 is 0 Å². The highest BCUT2D eigenvalue weighted by Crippen LogP contribution is 2.49. The van der Waals surface area contributed by atoms with Crippen molar-refractivity contribution in [3.8, 4) is 0 Å². The molecule has 0 fully saturated rings. The first-order valence-electron chi connectivity index (χ1n) is 4.45. The largest absolute Gasteiger partial charge is 0.433 e. The molecule has 0 saturated carbocycles. The van der Waals surface area contributed by atoms with Gasteiger partial charge in [-0.25, -0.2) is 0 Å². The standard InChI is InChI=1S/C7H13F3NO4P/c1-3-14-16(13,15-4-2)5-6(11-12)7(8,9)10/h12H,3-5H2,1-2H3/b11-6+. The minimum atomic E-state index is -4.86. The lowest BCUT2D eigenvalue weighted by Crippen LogP contribution is -2.27. The van der Waals surface area contributed by atoms with E-state index in [0.717, 1.165) is 0 Å². The Hall–Kier alpha value is -0.590. The molecule has 0 aliphatic rings. The molecule has 0 spiro atoms. The normalized spacial score (nSPS) is 14.2. The van der Waals surface area contributed by atoms with Crippen LogP contribution < -0.4 is 0 Å². The Morgan fingerprint density at radius 3 is 2.00 bits per heavy atom. The summed E-state index contributed by atoms with van der Waals surface area (Å²) in [7, 11) is -3.90. The molecule has 0 aromatic heterocycles. The van der Waals surface area contributed by atoms with Crippen molar-refractivity contribution in [3.05, 3.63) is 0 Å². The van der Waals surface area contributed by atoms with E-state index in [-0.39, 0.29) is 13.2 Å². The van der Waals surface area contributed by atoms with Crippen molar-refractivity contribution in [2.75, 3.05) is 19.4 Å². The van der Waals surface area contributed by atoms with Gasteiger partial charge in [0.2, 0.25) is 0 Å². The van der Waals surface area contributed by atoms with E-state index in [1.165, 1.54) is 13.8 Å². The fourth-order valence-corrected chi connectivity index (χ4v) is 2.54. The van der Waals surface area contributed by atoms with Gasteiger partial charge in [-0.05, 0) is 13.8 Å². The zero-order valence-corrected chi connectivity index (χ0v) is 9.72. The van der Waals surface area contributed by atoms with E-state index < -0.39 is 25.6 Å². The maximum Gasteiger partial charge on any atom is 0.433 e. The Bertz CT molecular complexity index is 282. The van der Waals surface area contributed by atoms with Gasteiger partial charge < -0.3 is 14.3 Å². The number of hydrogen-bond acceptors (Lipinski definition) is 5. The lowest BCUT2D eigenvalue weighted by molar-refractivity contribution is -0.0614. The summed E-state index contributed by atoms with van der Waals surface area (Å²) in [6, 6.07) is 0. The van der Waals surface area contributed by atoms with Crippen molar-refractivity contribution in [1.82, 2.24) is 0 Å². The minimum absolute atomic E-state index is 0.0617. The third kappa shape index (κ3) is 4.96. The zero-order valence-electron chi connectivity index (χ0n) is 8.82. The summed E-state index contributed by atoms with van der Waals surface area (Å²) in [6.07, 6.45) is -5.96. The van der Waals surface area contributed by atoms with Crippen LogP contribution >= 0.6 is 7.60 Å². The topological polar surface area (TPSA) is 68.1 Å². The smallest absolute Gasteiger partial charge is 0.411 e. The molecule has 0 atom stereocenters. The van der Waals surface area contributed by atoms with Crippen LogP contribution in [0.5, 0.6) is 0 Å². The van der Waals surface area contributed by atoms with Crippen molar-refractivity contribution >= 4 is 13.3 Å². The van der Waals surface area contributed by atoms with Crippen LogP contribution in [0, 0.1) is 0 Å². The first kappa shape index (κ1) is 15.4. The molecule has 0 unspecified atom stereocenters. The van der Waals surface area contributed by atoms with Crippen LogP contribution in [0.4, 0.5) is 13.2 Å². The van der Waals surface area contributed by atoms with Gasteiger partial charge in [0, 0.05) is 0 Å². The van der Waals surface area contributed by atoms with E-state index in [1.54, 1.807) is 0 Å². The number of rotatable bonds is 6. The van der Waals surface area contributed by atoms with E-state index in [9.17, 15) is 17.7 Å². The molecule has 0 aromatic rings. The molecule has 0 aliphatic carbocycles. The fraction of sp³-hybridized carbons (Fsp3) is 0.857. The summed E-state index contributed by atoms with van der Waals surface area (Å²) in [5.41, 5.74) is -1.59. The molecular weight excluding hydrogens is 250 g/mol. The average molecular weight is 263 g/mol. The third-order valence-corrected chi connectivity index (χ3v) is 3.43. The molecule has 9 heteroatoms. The molecule has 16 heavy (non-hydrogen) atoms. The maximum atomic E-state index is 12.2. The molecule has 0 saturated heterocycles. The maximum absolute atomic E-state index is 12.2. The second kappa shape index (κ2) is 6.22. The molecule has 0 amide bonds. The van der Waals surface area contributed by atoms with Crippen LogP contribution in [-0.2, 0) is 13.6 Å². The van der Waals surface area contributed by atoms with Gasteiger partial charge in [-0.2, -0.15) is 13.2 Å². The number of halogens is 3. The predicted octanol–water partition coefficient (Wildman–Crippen LogP) is 2.65. The number of oxime groups is 1. The Balaban J connectivity index is 4.81. The van der Waals surface area contributed by atoms with Crippen LogP contribution in [0.15, 0.2) is 5.16 Å². The van der Waals surface area contributed by atoms with Crippen LogP contribution in [0.2, 0.25) is 0 Å². The van der Waals surface area contributed by atoms with Gasteiger partial charge in [0.1, 0.15) is 6.16 Å². The number of nitrogens with zero attached hydrogens (tertiary/aromatic N) is 1. The molecule has 0 rings (SSSR count). The lowest BCUT2D eigenvalue weighted by Gasteiger charge is -2.18. The number of alkyl halides is 3. The quantitative estimate of drug-likeness (QED) is 0.346. The molecule has 0 bridgehead atoms. The predicted molar refractivity (Wildman–Crippen MR) is 51.0 cm³/mol. The first-order chi connectivity index (χ1) is 7.29. The molecule has 0 aliphatic heterocycles. The minimum Gasteiger partial charge on any atom is -0.411 e. The van der Waals surface area contributed by atoms with Gasteiger partial charge >= 0.3 is 13.8 Å². The van der Waals surface area contributed by atoms with Crippen LogP contribution in [0.25, 0.3) is 0 Å². The first-order valence-corrected chi connectivity index (χ1v) is 6.18. The Morgan fingerprint density at radius 1 is 1.31 bits per heavy atom. The molecule has 0 heterocycles. The molecule has 0 radical (unpaired) electrons. The average Bonchev–Trinajstić information content (AvgIpc) is 2.13. The third-order valence-electron chi connectivity index (χ3n) is 1.44. The van der Waals surface area contributed by atoms with Gasteiger partial charge in [0.05, 0.1) is 13.2 Å². The highest BCUT2D eigenvalue weighted by atomic mass is 31.2. The summed E-state index contributed by atoms with van der Waals surface area (Å²) in [5, 5.41) is 10.3. The summed E-state index contributed by atoms with van der Waals surface area (Å²) < 4.78 is 57.6. The molecular formula is C7H13F3NO4P.